The van der Waals surface area contributed by atoms with Crippen molar-refractivity contribution in [3.63, 3.8) is 0 Å². The van der Waals surface area contributed by atoms with Crippen molar-refractivity contribution in [2.24, 2.45) is 0 Å². The zero-order chi connectivity index (χ0) is 14.2. The maximum atomic E-state index is 10.1. The van der Waals surface area contributed by atoms with Crippen molar-refractivity contribution in [2.45, 2.75) is 30.1 Å². The van der Waals surface area contributed by atoms with Crippen molar-refractivity contribution in [2.75, 3.05) is 11.5 Å². The molecule has 10 nitrogen and oxygen atoms in total. The molecule has 0 aromatic carbocycles. The summed E-state index contributed by atoms with van der Waals surface area (Å²) in [5.41, 5.74) is 10.2. The number of aliphatic hydroxyl groups is 3. The van der Waals surface area contributed by atoms with Crippen molar-refractivity contribution in [3.05, 3.63) is 6.33 Å². The molecule has 20 heavy (non-hydrogen) atoms. The molecule has 7 N–H and O–H groups in total. The molecule has 1 aliphatic carbocycles. The maximum Gasteiger partial charge on any atom is 0.224 e. The van der Waals surface area contributed by atoms with Gasteiger partial charge in [-0.25, -0.2) is 4.98 Å². The normalized spacial score (nSPS) is 39.1. The fourth-order valence-corrected chi connectivity index (χ4v) is 2.68. The first-order valence-corrected chi connectivity index (χ1v) is 5.94. The number of aromatic nitrogens is 4. The minimum absolute atomic E-state index is 0.0341. The number of rotatable bonds is 1. The Morgan fingerprint density at radius 2 is 2.00 bits per heavy atom. The Kier molecular flexibility index (Phi) is 1.98. The van der Waals surface area contributed by atoms with Gasteiger partial charge >= 0.3 is 0 Å². The highest BCUT2D eigenvalue weighted by molar-refractivity contribution is 5.82. The average molecular weight is 280 g/mol. The third kappa shape index (κ3) is 1.19. The van der Waals surface area contributed by atoms with Crippen LogP contribution in [0.1, 0.15) is 6.23 Å². The van der Waals surface area contributed by atoms with Crippen molar-refractivity contribution in [1.82, 2.24) is 19.5 Å². The van der Waals surface area contributed by atoms with Gasteiger partial charge < -0.3 is 31.5 Å². The monoisotopic (exact) mass is 280 g/mol. The number of ether oxygens (including phenoxy) is 1. The Morgan fingerprint density at radius 1 is 1.25 bits per heavy atom. The molecule has 0 bridgehead atoms. The van der Waals surface area contributed by atoms with Crippen LogP contribution in [0.2, 0.25) is 0 Å². The molecule has 2 fully saturated rings. The minimum Gasteiger partial charge on any atom is -0.387 e. The number of anilines is 2. The molecule has 4 rings (SSSR count). The van der Waals surface area contributed by atoms with Gasteiger partial charge in [-0.3, -0.25) is 4.57 Å². The summed E-state index contributed by atoms with van der Waals surface area (Å²) in [4.78, 5) is 11.8. The van der Waals surface area contributed by atoms with E-state index in [-0.39, 0.29) is 11.8 Å². The highest BCUT2D eigenvalue weighted by Crippen LogP contribution is 2.53. The number of imidazole rings is 1. The third-order valence-corrected chi connectivity index (χ3v) is 3.88. The van der Waals surface area contributed by atoms with Crippen molar-refractivity contribution in [1.29, 1.82) is 0 Å². The first kappa shape index (κ1) is 11.8. The van der Waals surface area contributed by atoms with Gasteiger partial charge in [0.2, 0.25) is 5.95 Å². The Balaban J connectivity index is 1.81. The van der Waals surface area contributed by atoms with Crippen molar-refractivity contribution >= 4 is 22.9 Å². The molecule has 0 amide bonds. The van der Waals surface area contributed by atoms with Crippen LogP contribution >= 0.6 is 0 Å². The predicted octanol–water partition coefficient (Wildman–Crippen LogP) is -2.65. The van der Waals surface area contributed by atoms with Gasteiger partial charge in [-0.15, -0.1) is 0 Å². The van der Waals surface area contributed by atoms with E-state index in [1.54, 1.807) is 0 Å². The van der Waals surface area contributed by atoms with Crippen LogP contribution in [-0.4, -0.2) is 58.8 Å². The fraction of sp³-hybridized carbons (Fsp3) is 0.500. The van der Waals surface area contributed by atoms with E-state index in [9.17, 15) is 15.3 Å². The van der Waals surface area contributed by atoms with Gasteiger partial charge in [0.05, 0.1) is 6.33 Å². The molecule has 2 aliphatic rings. The molecular formula is C10H12N6O4. The SMILES string of the molecule is Nc1nc(N)c2ncn([C@@H]3O[C@@H]4C(O)[C@]4(O)[C@H]3O)c2n1. The molecule has 10 heteroatoms. The number of hydrogen-bond acceptors (Lipinski definition) is 9. The summed E-state index contributed by atoms with van der Waals surface area (Å²) in [6.45, 7) is 0. The first-order chi connectivity index (χ1) is 9.44. The van der Waals surface area contributed by atoms with Gasteiger partial charge in [0.25, 0.3) is 0 Å². The summed E-state index contributed by atoms with van der Waals surface area (Å²) in [6.07, 6.45) is -2.78. The average Bonchev–Trinajstić information content (AvgIpc) is 2.74. The van der Waals surface area contributed by atoms with Gasteiger partial charge in [0, 0.05) is 0 Å². The Hall–Kier alpha value is -2.01. The fourth-order valence-electron chi connectivity index (χ4n) is 2.68. The number of nitrogens with two attached hydrogens (primary N) is 2. The molecule has 106 valence electrons. The predicted molar refractivity (Wildman–Crippen MR) is 65.0 cm³/mol. The van der Waals surface area contributed by atoms with Crippen LogP contribution in [0.15, 0.2) is 6.33 Å². The van der Waals surface area contributed by atoms with Crippen molar-refractivity contribution < 1.29 is 20.1 Å². The van der Waals surface area contributed by atoms with E-state index < -0.39 is 30.1 Å². The first-order valence-electron chi connectivity index (χ1n) is 5.94. The quantitative estimate of drug-likeness (QED) is 0.375. The van der Waals surface area contributed by atoms with Crippen LogP contribution < -0.4 is 11.5 Å². The van der Waals surface area contributed by atoms with Crippen LogP contribution in [0.25, 0.3) is 11.2 Å². The second-order valence-electron chi connectivity index (χ2n) is 5.02. The largest absolute Gasteiger partial charge is 0.387 e. The van der Waals surface area contributed by atoms with E-state index >= 15 is 0 Å². The molecule has 3 heterocycles. The number of fused-ring (bicyclic) bond motifs is 2. The Morgan fingerprint density at radius 3 is 2.65 bits per heavy atom. The molecule has 0 radical (unpaired) electrons. The Labute approximate surface area is 111 Å². The molecular weight excluding hydrogens is 268 g/mol. The number of aliphatic hydroxyl groups excluding tert-OH is 2. The van der Waals surface area contributed by atoms with Gasteiger partial charge in [-0.1, -0.05) is 0 Å². The number of nitrogens with zero attached hydrogens (tertiary/aromatic N) is 4. The molecule has 2 aromatic heterocycles. The number of nitrogen functional groups attached to an aromatic ring is 2. The van der Waals surface area contributed by atoms with Crippen LogP contribution in [-0.2, 0) is 4.74 Å². The molecule has 1 aliphatic heterocycles. The molecule has 5 atom stereocenters. The lowest BCUT2D eigenvalue weighted by molar-refractivity contribution is -0.0942. The molecule has 1 saturated carbocycles. The molecule has 1 unspecified atom stereocenters. The van der Waals surface area contributed by atoms with E-state index in [0.29, 0.717) is 11.2 Å². The van der Waals surface area contributed by atoms with E-state index in [2.05, 4.69) is 15.0 Å². The third-order valence-electron chi connectivity index (χ3n) is 3.88. The van der Waals surface area contributed by atoms with Crippen molar-refractivity contribution in [3.8, 4) is 0 Å². The van der Waals surface area contributed by atoms with E-state index in [1.807, 2.05) is 0 Å². The van der Waals surface area contributed by atoms with Crippen LogP contribution in [0, 0.1) is 0 Å². The summed E-state index contributed by atoms with van der Waals surface area (Å²) in [5, 5.41) is 29.6. The van der Waals surface area contributed by atoms with Crippen LogP contribution in [0.5, 0.6) is 0 Å². The van der Waals surface area contributed by atoms with Gasteiger partial charge in [-0.05, 0) is 0 Å². The Bertz CT molecular complexity index is 719. The summed E-state index contributed by atoms with van der Waals surface area (Å²) >= 11 is 0. The topological polar surface area (TPSA) is 166 Å². The lowest BCUT2D eigenvalue weighted by atomic mass is 10.1. The summed E-state index contributed by atoms with van der Waals surface area (Å²) < 4.78 is 6.83. The summed E-state index contributed by atoms with van der Waals surface area (Å²) in [6, 6.07) is 0. The minimum atomic E-state index is -1.65. The zero-order valence-corrected chi connectivity index (χ0v) is 10.1. The molecule has 1 saturated heterocycles. The highest BCUT2D eigenvalue weighted by atomic mass is 16.6. The summed E-state index contributed by atoms with van der Waals surface area (Å²) in [7, 11) is 0. The van der Waals surface area contributed by atoms with Crippen LogP contribution in [0.3, 0.4) is 0 Å². The van der Waals surface area contributed by atoms with E-state index in [4.69, 9.17) is 16.2 Å². The zero-order valence-electron chi connectivity index (χ0n) is 10.1. The van der Waals surface area contributed by atoms with E-state index in [0.717, 1.165) is 0 Å². The second kappa shape index (κ2) is 3.35. The number of hydrogen-bond donors (Lipinski definition) is 5. The standard InChI is InChI=1S/C10H12N6O4/c11-6-2-7(15-9(12)14-6)16(1-13-2)8-4(18)10(19)3(17)5(10)20-8/h1,3-5,8,17-19H,(H4,11,12,14,15)/t3?,4-,5+,8+,10-/m0/s1. The van der Waals surface area contributed by atoms with Gasteiger partial charge in [-0.2, -0.15) is 9.97 Å². The lowest BCUT2D eigenvalue weighted by Crippen LogP contribution is -2.36. The molecule has 2 aromatic rings. The smallest absolute Gasteiger partial charge is 0.224 e. The van der Waals surface area contributed by atoms with E-state index in [1.165, 1.54) is 10.9 Å². The maximum absolute atomic E-state index is 10.1. The highest BCUT2D eigenvalue weighted by Gasteiger charge is 2.76. The van der Waals surface area contributed by atoms with Crippen LogP contribution in [0.4, 0.5) is 11.8 Å². The molecule has 0 spiro atoms. The lowest BCUT2D eigenvalue weighted by Gasteiger charge is -2.22. The summed E-state index contributed by atoms with van der Waals surface area (Å²) in [5.74, 6) is 0.0794. The van der Waals surface area contributed by atoms with Gasteiger partial charge in [0.1, 0.15) is 23.8 Å². The second-order valence-corrected chi connectivity index (χ2v) is 5.02. The van der Waals surface area contributed by atoms with Gasteiger partial charge in [0.15, 0.2) is 23.3 Å².